The van der Waals surface area contributed by atoms with Gasteiger partial charge in [-0.3, -0.25) is 4.79 Å². The highest BCUT2D eigenvalue weighted by atomic mass is 32.2. The lowest BCUT2D eigenvalue weighted by molar-refractivity contribution is -0.117. The number of nitrogens with one attached hydrogen (secondary N) is 1. The van der Waals surface area contributed by atoms with E-state index in [9.17, 15) is 17.6 Å². The van der Waals surface area contributed by atoms with Crippen molar-refractivity contribution in [2.75, 3.05) is 11.4 Å². The number of hydrogen-bond acceptors (Lipinski definition) is 3. The van der Waals surface area contributed by atoms with Crippen LogP contribution in [0.5, 0.6) is 0 Å². The Balaban J connectivity index is 1.78. The van der Waals surface area contributed by atoms with Crippen molar-refractivity contribution in [1.82, 2.24) is 4.72 Å². The molecule has 1 heterocycles. The highest BCUT2D eigenvalue weighted by Gasteiger charge is 2.33. The van der Waals surface area contributed by atoms with Crippen molar-refractivity contribution < 1.29 is 17.6 Å². The lowest BCUT2D eigenvalue weighted by Gasteiger charge is -2.17. The smallest absolute Gasteiger partial charge is 0.241 e. The first-order valence-corrected chi connectivity index (χ1v) is 8.99. The minimum atomic E-state index is -3.82. The summed E-state index contributed by atoms with van der Waals surface area (Å²) in [6.45, 7) is 1.80. The molecule has 1 fully saturated rings. The number of benzene rings is 2. The molecule has 1 aliphatic heterocycles. The fourth-order valence-corrected chi connectivity index (χ4v) is 4.29. The lowest BCUT2D eigenvalue weighted by Crippen LogP contribution is -2.37. The molecule has 2 aromatic rings. The zero-order chi connectivity index (χ0) is 17.3. The van der Waals surface area contributed by atoms with Crippen molar-refractivity contribution in [3.63, 3.8) is 0 Å². The zero-order valence-corrected chi connectivity index (χ0v) is 13.9. The number of aryl methyl sites for hydroxylation is 1. The summed E-state index contributed by atoms with van der Waals surface area (Å²) in [6.07, 6.45) is 0.0916. The van der Waals surface area contributed by atoms with Crippen LogP contribution < -0.4 is 9.62 Å². The van der Waals surface area contributed by atoms with E-state index in [-0.39, 0.29) is 23.8 Å². The zero-order valence-electron chi connectivity index (χ0n) is 13.1. The summed E-state index contributed by atoms with van der Waals surface area (Å²) in [5, 5.41) is 0. The number of carbonyl (C=O) groups excluding carboxylic acids is 1. The van der Waals surface area contributed by atoms with Crippen molar-refractivity contribution in [1.29, 1.82) is 0 Å². The minimum absolute atomic E-state index is 0.0227. The van der Waals surface area contributed by atoms with Gasteiger partial charge in [-0.1, -0.05) is 18.2 Å². The first-order chi connectivity index (χ1) is 11.4. The van der Waals surface area contributed by atoms with Gasteiger partial charge in [-0.25, -0.2) is 17.5 Å². The van der Waals surface area contributed by atoms with Gasteiger partial charge in [-0.05, 0) is 42.8 Å². The van der Waals surface area contributed by atoms with E-state index < -0.39 is 21.9 Å². The van der Waals surface area contributed by atoms with Crippen LogP contribution in [0.15, 0.2) is 53.4 Å². The summed E-state index contributed by atoms with van der Waals surface area (Å²) < 4.78 is 40.7. The van der Waals surface area contributed by atoms with E-state index in [1.165, 1.54) is 19.1 Å². The van der Waals surface area contributed by atoms with Crippen LogP contribution in [0.4, 0.5) is 10.1 Å². The second-order valence-corrected chi connectivity index (χ2v) is 7.45. The number of sulfonamides is 1. The monoisotopic (exact) mass is 348 g/mol. The number of amides is 1. The van der Waals surface area contributed by atoms with Gasteiger partial charge in [0.05, 0.1) is 4.90 Å². The number of hydrogen-bond donors (Lipinski definition) is 1. The average Bonchev–Trinajstić information content (AvgIpc) is 2.87. The molecule has 0 radical (unpaired) electrons. The van der Waals surface area contributed by atoms with E-state index >= 15 is 0 Å². The second-order valence-electron chi connectivity index (χ2n) is 5.77. The molecule has 1 saturated heterocycles. The van der Waals surface area contributed by atoms with Crippen molar-refractivity contribution in [3.05, 3.63) is 59.9 Å². The van der Waals surface area contributed by atoms with Crippen molar-refractivity contribution >= 4 is 21.6 Å². The highest BCUT2D eigenvalue weighted by molar-refractivity contribution is 7.89. The molecule has 0 aromatic heterocycles. The van der Waals surface area contributed by atoms with Crippen LogP contribution in [-0.4, -0.2) is 26.9 Å². The molecule has 1 unspecified atom stereocenters. The summed E-state index contributed by atoms with van der Waals surface area (Å²) >= 11 is 0. The Hall–Kier alpha value is -2.25. The molecule has 0 bridgehead atoms. The van der Waals surface area contributed by atoms with E-state index in [1.807, 2.05) is 18.2 Å². The van der Waals surface area contributed by atoms with Crippen LogP contribution >= 0.6 is 0 Å². The fraction of sp³-hybridized carbons (Fsp3) is 0.235. The molecule has 1 aliphatic rings. The molecule has 126 valence electrons. The van der Waals surface area contributed by atoms with E-state index in [1.54, 1.807) is 17.0 Å². The normalized spacial score (nSPS) is 18.2. The molecule has 0 aliphatic carbocycles. The Kier molecular flexibility index (Phi) is 4.38. The third kappa shape index (κ3) is 3.32. The Morgan fingerprint density at radius 1 is 1.17 bits per heavy atom. The predicted octanol–water partition coefficient (Wildman–Crippen LogP) is 2.22. The molecule has 0 saturated carbocycles. The van der Waals surface area contributed by atoms with Gasteiger partial charge < -0.3 is 4.90 Å². The molecule has 0 spiro atoms. The first kappa shape index (κ1) is 16.6. The van der Waals surface area contributed by atoms with E-state index in [0.29, 0.717) is 5.56 Å². The molecule has 1 atom stereocenters. The van der Waals surface area contributed by atoms with Crippen molar-refractivity contribution in [2.24, 2.45) is 0 Å². The Morgan fingerprint density at radius 2 is 1.88 bits per heavy atom. The van der Waals surface area contributed by atoms with Gasteiger partial charge in [-0.15, -0.1) is 0 Å². The molecule has 1 amide bonds. The Morgan fingerprint density at radius 3 is 2.54 bits per heavy atom. The topological polar surface area (TPSA) is 66.5 Å². The van der Waals surface area contributed by atoms with Crippen molar-refractivity contribution in [3.8, 4) is 0 Å². The summed E-state index contributed by atoms with van der Waals surface area (Å²) in [5.74, 6) is -0.623. The number of rotatable bonds is 4. The molecule has 3 rings (SSSR count). The van der Waals surface area contributed by atoms with Gasteiger partial charge >= 0.3 is 0 Å². The largest absolute Gasteiger partial charge is 0.311 e. The molecule has 5 nitrogen and oxygen atoms in total. The maximum Gasteiger partial charge on any atom is 0.241 e. The van der Waals surface area contributed by atoms with Crippen LogP contribution in [0, 0.1) is 12.7 Å². The second kappa shape index (κ2) is 6.33. The van der Waals surface area contributed by atoms with Crippen LogP contribution in [0.1, 0.15) is 12.0 Å². The number of carbonyl (C=O) groups is 1. The number of nitrogens with zero attached hydrogens (tertiary/aromatic N) is 1. The predicted molar refractivity (Wildman–Crippen MR) is 88.7 cm³/mol. The molecular formula is C17H17FN2O3S. The number of halogens is 1. The molecule has 1 N–H and O–H groups in total. The van der Waals surface area contributed by atoms with Gasteiger partial charge in [0.25, 0.3) is 0 Å². The molecular weight excluding hydrogens is 331 g/mol. The number of anilines is 1. The van der Waals surface area contributed by atoms with E-state index in [2.05, 4.69) is 4.72 Å². The van der Waals surface area contributed by atoms with Crippen molar-refractivity contribution in [2.45, 2.75) is 24.3 Å². The average molecular weight is 348 g/mol. The molecule has 24 heavy (non-hydrogen) atoms. The Bertz CT molecular complexity index is 869. The fourth-order valence-electron chi connectivity index (χ4n) is 2.84. The van der Waals surface area contributed by atoms with Crippen LogP contribution in [-0.2, 0) is 14.8 Å². The van der Waals surface area contributed by atoms with Crippen LogP contribution in [0.2, 0.25) is 0 Å². The summed E-state index contributed by atoms with van der Waals surface area (Å²) in [5.41, 5.74) is 1.06. The molecule has 7 heteroatoms. The summed E-state index contributed by atoms with van der Waals surface area (Å²) in [6, 6.07) is 12.1. The van der Waals surface area contributed by atoms with Crippen LogP contribution in [0.25, 0.3) is 0 Å². The summed E-state index contributed by atoms with van der Waals surface area (Å²) in [4.78, 5) is 13.7. The quantitative estimate of drug-likeness (QED) is 0.921. The first-order valence-electron chi connectivity index (χ1n) is 7.51. The van der Waals surface area contributed by atoms with Gasteiger partial charge in [0.15, 0.2) is 0 Å². The maximum absolute atomic E-state index is 13.2. The van der Waals surface area contributed by atoms with Gasteiger partial charge in [-0.2, -0.15) is 0 Å². The third-order valence-corrected chi connectivity index (χ3v) is 5.62. The van der Waals surface area contributed by atoms with Gasteiger partial charge in [0, 0.05) is 24.7 Å². The van der Waals surface area contributed by atoms with Gasteiger partial charge in [0.1, 0.15) is 5.82 Å². The van der Waals surface area contributed by atoms with E-state index in [0.717, 1.165) is 11.8 Å². The standard InChI is InChI=1S/C17H17FN2O3S/c1-12-9-13(18)7-8-16(12)24(22,23)19-14-10-17(21)20(11-14)15-5-3-2-4-6-15/h2-9,14,19H,10-11H2,1H3. The van der Waals surface area contributed by atoms with Crippen LogP contribution in [0.3, 0.4) is 0 Å². The highest BCUT2D eigenvalue weighted by Crippen LogP contribution is 2.23. The third-order valence-electron chi connectivity index (χ3n) is 3.94. The van der Waals surface area contributed by atoms with Gasteiger partial charge in [0.2, 0.25) is 15.9 Å². The maximum atomic E-state index is 13.2. The number of para-hydroxylation sites is 1. The lowest BCUT2D eigenvalue weighted by atomic mass is 10.2. The van der Waals surface area contributed by atoms with E-state index in [4.69, 9.17) is 0 Å². The summed E-state index contributed by atoms with van der Waals surface area (Å²) in [7, 11) is -3.82. The minimum Gasteiger partial charge on any atom is -0.311 e. The SMILES string of the molecule is Cc1cc(F)ccc1S(=O)(=O)NC1CC(=O)N(c2ccccc2)C1. The molecule has 2 aromatic carbocycles. The Labute approximate surface area is 140 Å².